The Balaban J connectivity index is 1.95. The molecule has 0 aromatic rings. The molecule has 0 aliphatic carbocycles. The molecule has 0 radical (unpaired) electrons. The van der Waals surface area contributed by atoms with Crippen LogP contribution in [-0.4, -0.2) is 23.5 Å². The summed E-state index contributed by atoms with van der Waals surface area (Å²) in [4.78, 5) is 2.59. The molecule has 2 bridgehead atoms. The Morgan fingerprint density at radius 1 is 1.31 bits per heavy atom. The zero-order chi connectivity index (χ0) is 9.26. The summed E-state index contributed by atoms with van der Waals surface area (Å²) >= 11 is 0. The van der Waals surface area contributed by atoms with Crippen LogP contribution in [0.15, 0.2) is 0 Å². The van der Waals surface area contributed by atoms with E-state index in [1.807, 2.05) is 0 Å². The van der Waals surface area contributed by atoms with Crippen molar-refractivity contribution < 1.29 is 0 Å². The van der Waals surface area contributed by atoms with Gasteiger partial charge in [-0.15, -0.1) is 0 Å². The molecule has 2 aliphatic rings. The number of fused-ring (bicyclic) bond motifs is 2. The number of hydrogen-bond acceptors (Lipinski definition) is 2. The van der Waals surface area contributed by atoms with Crippen molar-refractivity contribution in [3.05, 3.63) is 0 Å². The molecule has 2 heterocycles. The minimum atomic E-state index is 0.710. The number of nitrogens with zero attached hydrogens (tertiary/aromatic N) is 2. The van der Waals surface area contributed by atoms with Crippen LogP contribution < -0.4 is 0 Å². The maximum atomic E-state index is 8.57. The third-order valence-corrected chi connectivity index (χ3v) is 3.60. The summed E-state index contributed by atoms with van der Waals surface area (Å²) in [5.74, 6) is 0.913. The highest BCUT2D eigenvalue weighted by Crippen LogP contribution is 2.38. The van der Waals surface area contributed by atoms with Gasteiger partial charge in [-0.05, 0) is 31.6 Å². The fraction of sp³-hybridized carbons (Fsp3) is 0.909. The first-order valence-corrected chi connectivity index (χ1v) is 5.44. The van der Waals surface area contributed by atoms with Gasteiger partial charge in [-0.1, -0.05) is 6.92 Å². The van der Waals surface area contributed by atoms with Gasteiger partial charge < -0.3 is 0 Å². The van der Waals surface area contributed by atoms with Crippen LogP contribution in [-0.2, 0) is 0 Å². The van der Waals surface area contributed by atoms with Gasteiger partial charge in [-0.2, -0.15) is 5.26 Å². The van der Waals surface area contributed by atoms with Crippen molar-refractivity contribution in [1.29, 1.82) is 5.26 Å². The molecule has 0 aromatic carbocycles. The van der Waals surface area contributed by atoms with Crippen molar-refractivity contribution in [3.8, 4) is 6.07 Å². The summed E-state index contributed by atoms with van der Waals surface area (Å²) in [7, 11) is 0. The van der Waals surface area contributed by atoms with Crippen molar-refractivity contribution in [2.75, 3.05) is 6.54 Å². The fourth-order valence-electron chi connectivity index (χ4n) is 3.09. The number of rotatable bonds is 2. The first-order chi connectivity index (χ1) is 6.31. The second kappa shape index (κ2) is 3.67. The van der Waals surface area contributed by atoms with Gasteiger partial charge in [0.15, 0.2) is 0 Å². The zero-order valence-electron chi connectivity index (χ0n) is 8.37. The molecule has 0 aromatic heterocycles. The second-order valence-electron chi connectivity index (χ2n) is 4.61. The topological polar surface area (TPSA) is 27.0 Å². The molecule has 0 spiro atoms. The Labute approximate surface area is 80.5 Å². The standard InChI is InChI=1S/C11H18N2/c1-9-7-10-3-4-11(8-9)13(10)6-2-5-12/h9-11H,2-4,6-8H2,1H3/t9?,10-,11+. The average Bonchev–Trinajstić information content (AvgIpc) is 2.33. The Hall–Kier alpha value is -0.550. The first-order valence-electron chi connectivity index (χ1n) is 5.44. The van der Waals surface area contributed by atoms with E-state index in [4.69, 9.17) is 5.26 Å². The molecule has 2 heteroatoms. The van der Waals surface area contributed by atoms with Gasteiger partial charge in [0.25, 0.3) is 0 Å². The molecule has 2 saturated heterocycles. The van der Waals surface area contributed by atoms with E-state index in [0.717, 1.165) is 24.5 Å². The minimum absolute atomic E-state index is 0.710. The predicted octanol–water partition coefficient (Wildman–Crippen LogP) is 2.16. The average molecular weight is 178 g/mol. The van der Waals surface area contributed by atoms with E-state index in [9.17, 15) is 0 Å². The van der Waals surface area contributed by atoms with Crippen molar-refractivity contribution >= 4 is 0 Å². The predicted molar refractivity (Wildman–Crippen MR) is 52.1 cm³/mol. The Kier molecular flexibility index (Phi) is 2.55. The van der Waals surface area contributed by atoms with Crippen LogP contribution in [0.3, 0.4) is 0 Å². The molecule has 2 fully saturated rings. The molecule has 13 heavy (non-hydrogen) atoms. The smallest absolute Gasteiger partial charge is 0.0635 e. The third kappa shape index (κ3) is 1.71. The molecule has 0 N–H and O–H groups in total. The molecular formula is C11H18N2. The summed E-state index contributed by atoms with van der Waals surface area (Å²) < 4.78 is 0. The zero-order valence-corrected chi connectivity index (χ0v) is 8.37. The SMILES string of the molecule is CC1C[C@H]2CC[C@@H](C1)N2CCC#N. The van der Waals surface area contributed by atoms with Crippen molar-refractivity contribution in [3.63, 3.8) is 0 Å². The number of nitriles is 1. The van der Waals surface area contributed by atoms with E-state index in [1.54, 1.807) is 0 Å². The summed E-state index contributed by atoms with van der Waals surface area (Å²) in [6.45, 7) is 3.38. The van der Waals surface area contributed by atoms with Gasteiger partial charge in [0.1, 0.15) is 0 Å². The normalized spacial score (nSPS) is 38.9. The van der Waals surface area contributed by atoms with Crippen LogP contribution in [0, 0.1) is 17.2 Å². The van der Waals surface area contributed by atoms with Crippen LogP contribution in [0.1, 0.15) is 39.0 Å². The molecule has 72 valence electrons. The molecule has 0 amide bonds. The molecule has 2 nitrogen and oxygen atoms in total. The Morgan fingerprint density at radius 3 is 2.46 bits per heavy atom. The van der Waals surface area contributed by atoms with Crippen LogP contribution in [0.2, 0.25) is 0 Å². The molecular weight excluding hydrogens is 160 g/mol. The first kappa shape index (κ1) is 9.02. The van der Waals surface area contributed by atoms with Crippen molar-refractivity contribution in [1.82, 2.24) is 4.90 Å². The molecule has 0 saturated carbocycles. The van der Waals surface area contributed by atoms with E-state index < -0.39 is 0 Å². The van der Waals surface area contributed by atoms with Crippen LogP contribution in [0.25, 0.3) is 0 Å². The van der Waals surface area contributed by atoms with Gasteiger partial charge in [0.05, 0.1) is 6.07 Å². The summed E-state index contributed by atoms with van der Waals surface area (Å²) in [5.41, 5.74) is 0. The number of piperidine rings is 1. The van der Waals surface area contributed by atoms with Gasteiger partial charge in [-0.25, -0.2) is 0 Å². The highest BCUT2D eigenvalue weighted by atomic mass is 15.2. The van der Waals surface area contributed by atoms with Gasteiger partial charge in [-0.3, -0.25) is 4.90 Å². The lowest BCUT2D eigenvalue weighted by Crippen LogP contribution is -2.42. The quantitative estimate of drug-likeness (QED) is 0.648. The van der Waals surface area contributed by atoms with Gasteiger partial charge in [0.2, 0.25) is 0 Å². The molecule has 2 aliphatic heterocycles. The largest absolute Gasteiger partial charge is 0.296 e. The maximum absolute atomic E-state index is 8.57. The van der Waals surface area contributed by atoms with Crippen molar-refractivity contribution in [2.24, 2.45) is 5.92 Å². The lowest BCUT2D eigenvalue weighted by Gasteiger charge is -2.37. The minimum Gasteiger partial charge on any atom is -0.296 e. The second-order valence-corrected chi connectivity index (χ2v) is 4.61. The van der Waals surface area contributed by atoms with Crippen molar-refractivity contribution in [2.45, 2.75) is 51.1 Å². The molecule has 2 rings (SSSR count). The number of hydrogen-bond donors (Lipinski definition) is 0. The van der Waals surface area contributed by atoms with E-state index in [0.29, 0.717) is 6.42 Å². The summed E-state index contributed by atoms with van der Waals surface area (Å²) in [5, 5.41) is 8.57. The maximum Gasteiger partial charge on any atom is 0.0635 e. The molecule has 3 atom stereocenters. The summed E-state index contributed by atoms with van der Waals surface area (Å²) in [6.07, 6.45) is 6.19. The Morgan fingerprint density at radius 2 is 1.92 bits per heavy atom. The third-order valence-electron chi connectivity index (χ3n) is 3.60. The highest BCUT2D eigenvalue weighted by Gasteiger charge is 2.38. The summed E-state index contributed by atoms with van der Waals surface area (Å²) in [6, 6.07) is 3.87. The lowest BCUT2D eigenvalue weighted by molar-refractivity contribution is 0.113. The molecule has 1 unspecified atom stereocenters. The highest BCUT2D eigenvalue weighted by molar-refractivity contribution is 4.94. The van der Waals surface area contributed by atoms with Crippen LogP contribution >= 0.6 is 0 Å². The lowest BCUT2D eigenvalue weighted by atomic mass is 9.92. The van der Waals surface area contributed by atoms with E-state index in [1.165, 1.54) is 25.7 Å². The van der Waals surface area contributed by atoms with Gasteiger partial charge in [0, 0.05) is 25.0 Å². The monoisotopic (exact) mass is 178 g/mol. The Bertz CT molecular complexity index is 205. The fourth-order valence-corrected chi connectivity index (χ4v) is 3.09. The van der Waals surface area contributed by atoms with Gasteiger partial charge >= 0.3 is 0 Å². The van der Waals surface area contributed by atoms with E-state index >= 15 is 0 Å². The van der Waals surface area contributed by atoms with Crippen LogP contribution in [0.5, 0.6) is 0 Å². The van der Waals surface area contributed by atoms with E-state index in [-0.39, 0.29) is 0 Å². The van der Waals surface area contributed by atoms with E-state index in [2.05, 4.69) is 17.9 Å². The van der Waals surface area contributed by atoms with Crippen LogP contribution in [0.4, 0.5) is 0 Å².